The number of hydrogen-bond donors (Lipinski definition) is 0. The summed E-state index contributed by atoms with van der Waals surface area (Å²) in [7, 11) is 1.89. The van der Waals surface area contributed by atoms with Crippen LogP contribution in [0.15, 0.2) is 0 Å². The number of rotatable bonds is 2. The molecule has 0 amide bonds. The fourth-order valence-electron chi connectivity index (χ4n) is 2.22. The van der Waals surface area contributed by atoms with Gasteiger partial charge >= 0.3 is 0 Å². The molecule has 0 saturated carbocycles. The van der Waals surface area contributed by atoms with Gasteiger partial charge in [-0.25, -0.2) is 0 Å². The number of aldehydes is 1. The first-order valence-corrected chi connectivity index (χ1v) is 5.31. The van der Waals surface area contributed by atoms with E-state index in [9.17, 15) is 4.79 Å². The van der Waals surface area contributed by atoms with Gasteiger partial charge in [-0.3, -0.25) is 9.48 Å². The van der Waals surface area contributed by atoms with Crippen LogP contribution in [0.3, 0.4) is 0 Å². The predicted molar refractivity (Wildman–Crippen MR) is 59.3 cm³/mol. The molecule has 0 aromatic carbocycles. The van der Waals surface area contributed by atoms with Crippen molar-refractivity contribution in [3.05, 3.63) is 11.3 Å². The van der Waals surface area contributed by atoms with Crippen LogP contribution in [0.5, 0.6) is 0 Å². The third-order valence-electron chi connectivity index (χ3n) is 3.43. The van der Waals surface area contributed by atoms with Crippen molar-refractivity contribution in [1.82, 2.24) is 9.78 Å². The number of carbonyl (C=O) groups excluding carboxylic acids is 1. The summed E-state index contributed by atoms with van der Waals surface area (Å²) in [4.78, 5) is 13.3. The minimum absolute atomic E-state index is 0.499. The standard InChI is InChI=1S/C11H17N3O/c1-7-5-14(9(7)3)11-10(6-15)8(2)12-13(11)4/h6-7,9H,5H2,1-4H3. The lowest BCUT2D eigenvalue weighted by Crippen LogP contribution is -2.54. The summed E-state index contributed by atoms with van der Waals surface area (Å²) in [5.41, 5.74) is 1.55. The Hall–Kier alpha value is -1.32. The number of nitrogens with zero attached hydrogens (tertiary/aromatic N) is 3. The molecule has 2 heterocycles. The first-order chi connectivity index (χ1) is 7.06. The van der Waals surface area contributed by atoms with Gasteiger partial charge in [0.2, 0.25) is 0 Å². The van der Waals surface area contributed by atoms with Crippen LogP contribution in [-0.4, -0.2) is 28.7 Å². The lowest BCUT2D eigenvalue weighted by molar-refractivity contribution is 0.112. The van der Waals surface area contributed by atoms with Gasteiger partial charge in [0.05, 0.1) is 11.3 Å². The molecule has 0 N–H and O–H groups in total. The minimum atomic E-state index is 0.499. The van der Waals surface area contributed by atoms with Gasteiger partial charge in [0.25, 0.3) is 0 Å². The predicted octanol–water partition coefficient (Wildman–Crippen LogP) is 1.39. The molecule has 1 aromatic heterocycles. The maximum atomic E-state index is 11.0. The molecule has 15 heavy (non-hydrogen) atoms. The Morgan fingerprint density at radius 3 is 2.60 bits per heavy atom. The molecule has 1 aromatic rings. The number of aryl methyl sites for hydroxylation is 2. The monoisotopic (exact) mass is 207 g/mol. The van der Waals surface area contributed by atoms with E-state index in [2.05, 4.69) is 23.8 Å². The van der Waals surface area contributed by atoms with Crippen molar-refractivity contribution in [2.75, 3.05) is 11.4 Å². The zero-order valence-electron chi connectivity index (χ0n) is 9.69. The fraction of sp³-hybridized carbons (Fsp3) is 0.636. The lowest BCUT2D eigenvalue weighted by Gasteiger charge is -2.46. The largest absolute Gasteiger partial charge is 0.353 e. The van der Waals surface area contributed by atoms with Crippen LogP contribution >= 0.6 is 0 Å². The van der Waals surface area contributed by atoms with Gasteiger partial charge in [0.15, 0.2) is 6.29 Å². The highest BCUT2D eigenvalue weighted by Gasteiger charge is 2.35. The van der Waals surface area contributed by atoms with E-state index in [1.54, 1.807) is 4.68 Å². The molecular formula is C11H17N3O. The number of anilines is 1. The molecule has 0 aliphatic carbocycles. The van der Waals surface area contributed by atoms with E-state index in [-0.39, 0.29) is 0 Å². The molecule has 4 nitrogen and oxygen atoms in total. The highest BCUT2D eigenvalue weighted by Crippen LogP contribution is 2.33. The summed E-state index contributed by atoms with van der Waals surface area (Å²) >= 11 is 0. The van der Waals surface area contributed by atoms with E-state index in [4.69, 9.17) is 0 Å². The molecule has 1 fully saturated rings. The average molecular weight is 207 g/mol. The van der Waals surface area contributed by atoms with Crippen molar-refractivity contribution in [2.24, 2.45) is 13.0 Å². The summed E-state index contributed by atoms with van der Waals surface area (Å²) in [6, 6.07) is 0.499. The first kappa shape index (κ1) is 10.2. The fourth-order valence-corrected chi connectivity index (χ4v) is 2.22. The third kappa shape index (κ3) is 1.35. The van der Waals surface area contributed by atoms with E-state index in [0.717, 1.165) is 29.9 Å². The highest BCUT2D eigenvalue weighted by atomic mass is 16.1. The van der Waals surface area contributed by atoms with Crippen molar-refractivity contribution in [3.8, 4) is 0 Å². The topological polar surface area (TPSA) is 38.1 Å². The van der Waals surface area contributed by atoms with Crippen LogP contribution in [0, 0.1) is 12.8 Å². The molecule has 2 atom stereocenters. The molecule has 2 unspecified atom stereocenters. The lowest BCUT2D eigenvalue weighted by atomic mass is 9.91. The third-order valence-corrected chi connectivity index (χ3v) is 3.43. The Kier molecular flexibility index (Phi) is 2.29. The van der Waals surface area contributed by atoms with Crippen LogP contribution < -0.4 is 4.90 Å². The highest BCUT2D eigenvalue weighted by molar-refractivity contribution is 5.85. The van der Waals surface area contributed by atoms with Gasteiger partial charge in [0, 0.05) is 19.6 Å². The van der Waals surface area contributed by atoms with E-state index < -0.39 is 0 Å². The maximum absolute atomic E-state index is 11.0. The summed E-state index contributed by atoms with van der Waals surface area (Å²) < 4.78 is 1.81. The number of carbonyl (C=O) groups is 1. The Morgan fingerprint density at radius 2 is 2.13 bits per heavy atom. The van der Waals surface area contributed by atoms with Crippen molar-refractivity contribution < 1.29 is 4.79 Å². The average Bonchev–Trinajstić information content (AvgIpc) is 2.48. The Labute approximate surface area is 89.9 Å². The normalized spacial score (nSPS) is 25.2. The number of hydrogen-bond acceptors (Lipinski definition) is 3. The van der Waals surface area contributed by atoms with Crippen LogP contribution in [0.2, 0.25) is 0 Å². The van der Waals surface area contributed by atoms with E-state index in [0.29, 0.717) is 12.0 Å². The molecule has 82 valence electrons. The van der Waals surface area contributed by atoms with Crippen LogP contribution in [-0.2, 0) is 7.05 Å². The second-order valence-electron chi connectivity index (χ2n) is 4.43. The summed E-state index contributed by atoms with van der Waals surface area (Å²) in [6.07, 6.45) is 0.910. The zero-order chi connectivity index (χ0) is 11.2. The molecular weight excluding hydrogens is 190 g/mol. The van der Waals surface area contributed by atoms with E-state index >= 15 is 0 Å². The van der Waals surface area contributed by atoms with E-state index in [1.807, 2.05) is 14.0 Å². The van der Waals surface area contributed by atoms with Gasteiger partial charge in [-0.2, -0.15) is 5.10 Å². The zero-order valence-corrected chi connectivity index (χ0v) is 9.69. The minimum Gasteiger partial charge on any atom is -0.353 e. The van der Waals surface area contributed by atoms with Gasteiger partial charge in [-0.05, 0) is 19.8 Å². The Morgan fingerprint density at radius 1 is 1.47 bits per heavy atom. The van der Waals surface area contributed by atoms with Crippen LogP contribution in [0.4, 0.5) is 5.82 Å². The molecule has 1 aliphatic heterocycles. The quantitative estimate of drug-likeness (QED) is 0.688. The molecule has 1 saturated heterocycles. The van der Waals surface area contributed by atoms with Gasteiger partial charge in [-0.1, -0.05) is 6.92 Å². The first-order valence-electron chi connectivity index (χ1n) is 5.31. The second-order valence-corrected chi connectivity index (χ2v) is 4.43. The van der Waals surface area contributed by atoms with Crippen molar-refractivity contribution in [1.29, 1.82) is 0 Å². The summed E-state index contributed by atoms with van der Waals surface area (Å²) in [5, 5.41) is 4.29. The van der Waals surface area contributed by atoms with Crippen LogP contribution in [0.1, 0.15) is 29.9 Å². The Balaban J connectivity index is 2.39. The van der Waals surface area contributed by atoms with Gasteiger partial charge in [0.1, 0.15) is 5.82 Å². The summed E-state index contributed by atoms with van der Waals surface area (Å²) in [5.74, 6) is 1.66. The number of aromatic nitrogens is 2. The second kappa shape index (κ2) is 3.36. The Bertz CT molecular complexity index is 397. The molecule has 0 spiro atoms. The molecule has 0 bridgehead atoms. The van der Waals surface area contributed by atoms with Crippen molar-refractivity contribution >= 4 is 12.1 Å². The van der Waals surface area contributed by atoms with Crippen LogP contribution in [0.25, 0.3) is 0 Å². The molecule has 0 radical (unpaired) electrons. The smallest absolute Gasteiger partial charge is 0.155 e. The SMILES string of the molecule is Cc1nn(C)c(N2CC(C)C2C)c1C=O. The van der Waals surface area contributed by atoms with Gasteiger partial charge < -0.3 is 4.90 Å². The van der Waals surface area contributed by atoms with E-state index in [1.165, 1.54) is 0 Å². The molecule has 4 heteroatoms. The molecule has 2 rings (SSSR count). The molecule has 1 aliphatic rings. The van der Waals surface area contributed by atoms with Crippen molar-refractivity contribution in [2.45, 2.75) is 26.8 Å². The van der Waals surface area contributed by atoms with Gasteiger partial charge in [-0.15, -0.1) is 0 Å². The summed E-state index contributed by atoms with van der Waals surface area (Å²) in [6.45, 7) is 7.30. The maximum Gasteiger partial charge on any atom is 0.155 e. The van der Waals surface area contributed by atoms with Crippen molar-refractivity contribution in [3.63, 3.8) is 0 Å².